The van der Waals surface area contributed by atoms with Crippen molar-refractivity contribution in [2.45, 2.75) is 0 Å². The van der Waals surface area contributed by atoms with Crippen LogP contribution in [0.1, 0.15) is 0 Å². The third-order valence-electron chi connectivity index (χ3n) is 1.99. The van der Waals surface area contributed by atoms with E-state index < -0.39 is 20.5 Å². The molecular formula is C12H16Cl2CuN4O8. The van der Waals surface area contributed by atoms with Gasteiger partial charge in [0.25, 0.3) is 0 Å². The Morgan fingerprint density at radius 3 is 0.630 bits per heavy atom. The van der Waals surface area contributed by atoms with E-state index in [2.05, 4.69) is 0 Å². The maximum atomic E-state index is 8.49. The molecule has 12 nitrogen and oxygen atoms in total. The van der Waals surface area contributed by atoms with Crippen LogP contribution < -0.4 is 60.2 Å². The number of hydrogen-bond donors (Lipinski definition) is 4. The molecule has 0 saturated carbocycles. The molecule has 0 aliphatic rings. The van der Waals surface area contributed by atoms with Crippen LogP contribution in [0.3, 0.4) is 0 Å². The van der Waals surface area contributed by atoms with Crippen molar-refractivity contribution >= 4 is 22.7 Å². The second-order valence-electron chi connectivity index (χ2n) is 4.01. The van der Waals surface area contributed by atoms with Gasteiger partial charge in [-0.15, -0.1) is 20.5 Å². The van der Waals surface area contributed by atoms with Crippen LogP contribution in [0, 0.1) is 20.5 Å². The molecule has 0 spiro atoms. The molecule has 0 saturated heterocycles. The first kappa shape index (κ1) is 30.2. The maximum Gasteiger partial charge on any atom is 2.00 e. The molecule has 27 heavy (non-hydrogen) atoms. The summed E-state index contributed by atoms with van der Waals surface area (Å²) in [5, 5.41) is 0. The number of nitrogens with two attached hydrogens (primary N) is 4. The van der Waals surface area contributed by atoms with Gasteiger partial charge >= 0.3 is 17.1 Å². The van der Waals surface area contributed by atoms with Crippen LogP contribution in [0.15, 0.2) is 48.5 Å². The average Bonchev–Trinajstić information content (AvgIpc) is 2.43. The van der Waals surface area contributed by atoms with Gasteiger partial charge in [-0.05, 0) is 24.3 Å². The molecule has 2 aromatic carbocycles. The van der Waals surface area contributed by atoms with Crippen molar-refractivity contribution in [1.29, 1.82) is 0 Å². The smallest absolute Gasteiger partial charge is 0.397 e. The molecule has 1 radical (unpaired) electrons. The van der Waals surface area contributed by atoms with Crippen LogP contribution in [0.25, 0.3) is 0 Å². The summed E-state index contributed by atoms with van der Waals surface area (Å²) in [7, 11) is -9.89. The van der Waals surface area contributed by atoms with Crippen molar-refractivity contribution in [3.05, 3.63) is 48.5 Å². The first-order valence-corrected chi connectivity index (χ1v) is 8.51. The number of rotatable bonds is 0. The molecule has 15 heteroatoms. The van der Waals surface area contributed by atoms with Crippen LogP contribution in [0.2, 0.25) is 0 Å². The maximum absolute atomic E-state index is 8.49. The molecule has 0 amide bonds. The Bertz CT molecular complexity index is 534. The summed E-state index contributed by atoms with van der Waals surface area (Å²) in [5.41, 5.74) is 24.2. The summed E-state index contributed by atoms with van der Waals surface area (Å²) in [6.07, 6.45) is 0. The predicted octanol–water partition coefficient (Wildman–Crippen LogP) is -7.81. The van der Waals surface area contributed by atoms with Crippen LogP contribution in [0.5, 0.6) is 0 Å². The molecular weight excluding hydrogens is 463 g/mol. The van der Waals surface area contributed by atoms with Crippen LogP contribution in [-0.2, 0) is 17.1 Å². The third kappa shape index (κ3) is 29.4. The Balaban J connectivity index is -0.000000289. The van der Waals surface area contributed by atoms with E-state index in [1.165, 1.54) is 0 Å². The topological polar surface area (TPSA) is 289 Å². The van der Waals surface area contributed by atoms with E-state index in [4.69, 9.17) is 60.2 Å². The molecule has 0 bridgehead atoms. The van der Waals surface area contributed by atoms with E-state index in [1.807, 2.05) is 24.3 Å². The van der Waals surface area contributed by atoms with E-state index in [0.29, 0.717) is 22.7 Å². The van der Waals surface area contributed by atoms with Crippen molar-refractivity contribution in [1.82, 2.24) is 0 Å². The molecule has 8 N–H and O–H groups in total. The van der Waals surface area contributed by atoms with Gasteiger partial charge in [0.05, 0.1) is 22.7 Å². The quantitative estimate of drug-likeness (QED) is 0.203. The average molecular weight is 479 g/mol. The zero-order valence-corrected chi connectivity index (χ0v) is 15.7. The number of anilines is 4. The SMILES string of the molecule is Nc1ccccc1N.Nc1ccccc1N.[Cu+2].[O-][Cl+3]([O-])([O-])[O-].[O-][Cl+3]([O-])([O-])[O-]. The fourth-order valence-corrected chi connectivity index (χ4v) is 1.02. The second-order valence-corrected chi connectivity index (χ2v) is 5.53. The number of nitrogen functional groups attached to an aromatic ring is 4. The molecule has 2 rings (SSSR count). The van der Waals surface area contributed by atoms with E-state index in [-0.39, 0.29) is 17.1 Å². The minimum atomic E-state index is -4.94. The van der Waals surface area contributed by atoms with E-state index in [0.717, 1.165) is 0 Å². The van der Waals surface area contributed by atoms with Crippen molar-refractivity contribution in [3.8, 4) is 0 Å². The van der Waals surface area contributed by atoms with Gasteiger partial charge in [0.1, 0.15) is 0 Å². The minimum Gasteiger partial charge on any atom is -0.397 e. The van der Waals surface area contributed by atoms with Gasteiger partial charge in [0.2, 0.25) is 0 Å². The van der Waals surface area contributed by atoms with E-state index in [9.17, 15) is 0 Å². The van der Waals surface area contributed by atoms with Crippen LogP contribution in [-0.4, -0.2) is 0 Å². The summed E-state index contributed by atoms with van der Waals surface area (Å²) < 4.78 is 67.9. The molecule has 0 unspecified atom stereocenters. The molecule has 0 aromatic heterocycles. The predicted molar refractivity (Wildman–Crippen MR) is 70.5 cm³/mol. The Labute approximate surface area is 169 Å². The molecule has 0 aliphatic carbocycles. The minimum absolute atomic E-state index is 0. The first-order chi connectivity index (χ1) is 11.6. The molecule has 157 valence electrons. The number of benzene rings is 2. The number of halogens is 2. The second kappa shape index (κ2) is 14.5. The Morgan fingerprint density at radius 1 is 0.444 bits per heavy atom. The monoisotopic (exact) mass is 477 g/mol. The molecule has 0 atom stereocenters. The van der Waals surface area contributed by atoms with Crippen molar-refractivity contribution < 1.29 is 74.8 Å². The summed E-state index contributed by atoms with van der Waals surface area (Å²) in [6, 6.07) is 14.5. The van der Waals surface area contributed by atoms with Gasteiger partial charge in [-0.25, -0.2) is 37.3 Å². The van der Waals surface area contributed by atoms with Gasteiger partial charge < -0.3 is 22.9 Å². The summed E-state index contributed by atoms with van der Waals surface area (Å²) in [5.74, 6) is 0. The summed E-state index contributed by atoms with van der Waals surface area (Å²) in [4.78, 5) is 0. The first-order valence-electron chi connectivity index (χ1n) is 6.04. The number of para-hydroxylation sites is 4. The van der Waals surface area contributed by atoms with Crippen LogP contribution in [0.4, 0.5) is 22.7 Å². The van der Waals surface area contributed by atoms with Gasteiger partial charge in [-0.2, -0.15) is 0 Å². The van der Waals surface area contributed by atoms with Crippen LogP contribution >= 0.6 is 0 Å². The van der Waals surface area contributed by atoms with Crippen molar-refractivity contribution in [2.24, 2.45) is 0 Å². The largest absolute Gasteiger partial charge is 2.00 e. The van der Waals surface area contributed by atoms with E-state index >= 15 is 0 Å². The molecule has 2 aromatic rings. The Morgan fingerprint density at radius 2 is 0.556 bits per heavy atom. The zero-order chi connectivity index (χ0) is 21.0. The Hall–Kier alpha value is -1.58. The Kier molecular flexibility index (Phi) is 16.2. The van der Waals surface area contributed by atoms with Gasteiger partial charge in [0, 0.05) is 0 Å². The van der Waals surface area contributed by atoms with Gasteiger partial charge in [0.15, 0.2) is 0 Å². The number of hydrogen-bond acceptors (Lipinski definition) is 12. The zero-order valence-electron chi connectivity index (χ0n) is 13.3. The molecule has 0 aliphatic heterocycles. The van der Waals surface area contributed by atoms with Gasteiger partial charge in [-0.3, -0.25) is 0 Å². The fraction of sp³-hybridized carbons (Fsp3) is 0. The fourth-order valence-electron chi connectivity index (χ4n) is 1.02. The van der Waals surface area contributed by atoms with Crippen molar-refractivity contribution in [2.75, 3.05) is 22.9 Å². The van der Waals surface area contributed by atoms with Crippen molar-refractivity contribution in [3.63, 3.8) is 0 Å². The third-order valence-corrected chi connectivity index (χ3v) is 1.99. The molecule has 0 fully saturated rings. The van der Waals surface area contributed by atoms with E-state index in [1.54, 1.807) is 24.3 Å². The summed E-state index contributed by atoms with van der Waals surface area (Å²) in [6.45, 7) is 0. The summed E-state index contributed by atoms with van der Waals surface area (Å²) >= 11 is 0. The van der Waals surface area contributed by atoms with Gasteiger partial charge in [-0.1, -0.05) is 24.3 Å². The molecule has 0 heterocycles. The standard InChI is InChI=1S/2C6H8N2.2ClHO4.Cu/c2*7-5-3-1-2-4-6(5)8;2*2-1(3,4)5;/h2*1-4H,7-8H2;2*(H,2,3,4,5);/q;;;;+2/p-2. The normalized spacial score (nSPS) is 9.78.